The van der Waals surface area contributed by atoms with E-state index in [1.807, 2.05) is 6.26 Å². The lowest BCUT2D eigenvalue weighted by atomic mass is 9.89. The Morgan fingerprint density at radius 1 is 1.38 bits per heavy atom. The SMILES string of the molecule is CSCCC(N)C(=O)NC1CCCC1c1ccccc1C(F)(F)F. The molecule has 1 aromatic rings. The van der Waals surface area contributed by atoms with Gasteiger partial charge in [0.1, 0.15) is 0 Å². The Balaban J connectivity index is 2.13. The van der Waals surface area contributed by atoms with Crippen LogP contribution in [0.25, 0.3) is 0 Å². The summed E-state index contributed by atoms with van der Waals surface area (Å²) in [5.74, 6) is 0.185. The van der Waals surface area contributed by atoms with E-state index in [1.54, 1.807) is 17.8 Å². The van der Waals surface area contributed by atoms with Crippen LogP contribution in [0.1, 0.15) is 42.7 Å². The smallest absolute Gasteiger partial charge is 0.351 e. The van der Waals surface area contributed by atoms with Crippen molar-refractivity contribution in [2.45, 2.75) is 49.9 Å². The first kappa shape index (κ1) is 19.1. The zero-order chi connectivity index (χ0) is 17.7. The topological polar surface area (TPSA) is 55.1 Å². The Hall–Kier alpha value is -1.21. The van der Waals surface area contributed by atoms with Gasteiger partial charge in [0, 0.05) is 12.0 Å². The van der Waals surface area contributed by atoms with E-state index < -0.39 is 17.8 Å². The predicted octanol–water partition coefficient (Wildman–Crippen LogP) is 3.54. The van der Waals surface area contributed by atoms with Crippen LogP contribution in [0, 0.1) is 0 Å². The molecule has 3 nitrogen and oxygen atoms in total. The lowest BCUT2D eigenvalue weighted by Crippen LogP contribution is -2.46. The van der Waals surface area contributed by atoms with Crippen molar-refractivity contribution in [1.29, 1.82) is 0 Å². The van der Waals surface area contributed by atoms with Crippen molar-refractivity contribution in [3.63, 3.8) is 0 Å². The highest BCUT2D eigenvalue weighted by Gasteiger charge is 2.39. The zero-order valence-electron chi connectivity index (χ0n) is 13.6. The first-order valence-corrected chi connectivity index (χ1v) is 9.45. The summed E-state index contributed by atoms with van der Waals surface area (Å²) >= 11 is 1.61. The summed E-state index contributed by atoms with van der Waals surface area (Å²) in [7, 11) is 0. The number of hydrogen-bond acceptors (Lipinski definition) is 3. The molecule has 1 saturated carbocycles. The summed E-state index contributed by atoms with van der Waals surface area (Å²) < 4.78 is 39.7. The summed E-state index contributed by atoms with van der Waals surface area (Å²) in [6, 6.07) is 4.74. The number of hydrogen-bond donors (Lipinski definition) is 2. The molecule has 7 heteroatoms. The van der Waals surface area contributed by atoms with Gasteiger partial charge in [-0.2, -0.15) is 24.9 Å². The fourth-order valence-corrected chi connectivity index (χ4v) is 3.74. The molecule has 0 heterocycles. The molecule has 0 bridgehead atoms. The Morgan fingerprint density at radius 2 is 2.08 bits per heavy atom. The molecule has 3 N–H and O–H groups in total. The van der Waals surface area contributed by atoms with Gasteiger partial charge in [-0.1, -0.05) is 24.6 Å². The Labute approximate surface area is 144 Å². The number of nitrogens with one attached hydrogen (secondary N) is 1. The molecule has 3 atom stereocenters. The fourth-order valence-electron chi connectivity index (χ4n) is 3.25. The van der Waals surface area contributed by atoms with Gasteiger partial charge in [0.15, 0.2) is 0 Å². The van der Waals surface area contributed by atoms with Crippen molar-refractivity contribution in [2.75, 3.05) is 12.0 Å². The minimum atomic E-state index is -4.39. The van der Waals surface area contributed by atoms with Crippen molar-refractivity contribution in [1.82, 2.24) is 5.32 Å². The van der Waals surface area contributed by atoms with E-state index >= 15 is 0 Å². The van der Waals surface area contributed by atoms with Gasteiger partial charge in [-0.05, 0) is 42.9 Å². The van der Waals surface area contributed by atoms with Gasteiger partial charge in [-0.15, -0.1) is 0 Å². The first-order valence-electron chi connectivity index (χ1n) is 8.05. The van der Waals surface area contributed by atoms with Crippen LogP contribution in [0.2, 0.25) is 0 Å². The van der Waals surface area contributed by atoms with Crippen LogP contribution in [-0.2, 0) is 11.0 Å². The average Bonchev–Trinajstić information content (AvgIpc) is 2.99. The molecular formula is C17H23F3N2OS. The third-order valence-electron chi connectivity index (χ3n) is 4.48. The zero-order valence-corrected chi connectivity index (χ0v) is 14.4. The van der Waals surface area contributed by atoms with Crippen molar-refractivity contribution in [3.05, 3.63) is 35.4 Å². The Morgan fingerprint density at radius 3 is 2.75 bits per heavy atom. The highest BCUT2D eigenvalue weighted by Crippen LogP contribution is 2.41. The van der Waals surface area contributed by atoms with Crippen LogP contribution in [0.5, 0.6) is 0 Å². The molecule has 1 amide bonds. The summed E-state index contributed by atoms with van der Waals surface area (Å²) in [5, 5.41) is 2.87. The molecule has 0 aliphatic heterocycles. The molecule has 1 fully saturated rings. The number of carbonyl (C=O) groups is 1. The number of nitrogens with two attached hydrogens (primary N) is 1. The molecule has 3 unspecified atom stereocenters. The number of alkyl halides is 3. The molecule has 1 aromatic carbocycles. The van der Waals surface area contributed by atoms with Crippen LogP contribution in [0.15, 0.2) is 24.3 Å². The number of carbonyl (C=O) groups excluding carboxylic acids is 1. The van der Waals surface area contributed by atoms with Crippen molar-refractivity contribution in [3.8, 4) is 0 Å². The third kappa shape index (κ3) is 4.66. The maximum atomic E-state index is 13.2. The lowest BCUT2D eigenvalue weighted by molar-refractivity contribution is -0.138. The van der Waals surface area contributed by atoms with Crippen molar-refractivity contribution >= 4 is 17.7 Å². The predicted molar refractivity (Wildman–Crippen MR) is 90.9 cm³/mol. The van der Waals surface area contributed by atoms with E-state index in [2.05, 4.69) is 5.32 Å². The normalized spacial score (nSPS) is 22.4. The molecule has 2 rings (SSSR count). The monoisotopic (exact) mass is 360 g/mol. The van der Waals surface area contributed by atoms with E-state index in [-0.39, 0.29) is 23.4 Å². The largest absolute Gasteiger partial charge is 0.416 e. The van der Waals surface area contributed by atoms with Crippen LogP contribution in [0.3, 0.4) is 0 Å². The highest BCUT2D eigenvalue weighted by atomic mass is 32.2. The number of amides is 1. The number of rotatable bonds is 6. The van der Waals surface area contributed by atoms with E-state index in [1.165, 1.54) is 12.1 Å². The molecular weight excluding hydrogens is 337 g/mol. The van der Waals surface area contributed by atoms with Crippen LogP contribution >= 0.6 is 11.8 Å². The molecule has 24 heavy (non-hydrogen) atoms. The van der Waals surface area contributed by atoms with Gasteiger partial charge in [0.25, 0.3) is 0 Å². The molecule has 0 radical (unpaired) electrons. The number of benzene rings is 1. The number of thioether (sulfide) groups is 1. The minimum absolute atomic E-state index is 0.269. The maximum Gasteiger partial charge on any atom is 0.416 e. The van der Waals surface area contributed by atoms with Crippen molar-refractivity contribution in [2.24, 2.45) is 5.73 Å². The van der Waals surface area contributed by atoms with Gasteiger partial charge >= 0.3 is 6.18 Å². The van der Waals surface area contributed by atoms with Gasteiger partial charge in [0.05, 0.1) is 11.6 Å². The molecule has 1 aliphatic rings. The number of halogens is 3. The molecule has 0 spiro atoms. The van der Waals surface area contributed by atoms with Gasteiger partial charge < -0.3 is 11.1 Å². The summed E-state index contributed by atoms with van der Waals surface area (Å²) in [6.07, 6.45) is 0.218. The quantitative estimate of drug-likeness (QED) is 0.816. The van der Waals surface area contributed by atoms with Crippen LogP contribution < -0.4 is 11.1 Å². The fraction of sp³-hybridized carbons (Fsp3) is 0.588. The second kappa shape index (κ2) is 8.25. The molecule has 0 aromatic heterocycles. The molecule has 0 saturated heterocycles. The standard InChI is InChI=1S/C17H23F3N2OS/c1-24-10-9-14(21)16(23)22-15-8-4-6-12(15)11-5-2-3-7-13(11)17(18,19)20/h2-3,5,7,12,14-15H,4,6,8-10,21H2,1H3,(H,22,23). The average molecular weight is 360 g/mol. The minimum Gasteiger partial charge on any atom is -0.351 e. The van der Waals surface area contributed by atoms with Crippen LogP contribution in [0.4, 0.5) is 13.2 Å². The van der Waals surface area contributed by atoms with Gasteiger partial charge in [-0.3, -0.25) is 4.79 Å². The van der Waals surface area contributed by atoms with Gasteiger partial charge in [-0.25, -0.2) is 0 Å². The Bertz CT molecular complexity index is 565. The van der Waals surface area contributed by atoms with Crippen LogP contribution in [-0.4, -0.2) is 30.0 Å². The molecule has 1 aliphatic carbocycles. The highest BCUT2D eigenvalue weighted by molar-refractivity contribution is 7.98. The lowest BCUT2D eigenvalue weighted by Gasteiger charge is -2.25. The maximum absolute atomic E-state index is 13.2. The summed E-state index contributed by atoms with van der Waals surface area (Å²) in [4.78, 5) is 12.2. The van der Waals surface area contributed by atoms with Gasteiger partial charge in [0.2, 0.25) is 5.91 Å². The van der Waals surface area contributed by atoms with E-state index in [0.29, 0.717) is 19.3 Å². The first-order chi connectivity index (χ1) is 11.3. The van der Waals surface area contributed by atoms with E-state index in [0.717, 1.165) is 18.2 Å². The summed E-state index contributed by atoms with van der Waals surface area (Å²) in [6.45, 7) is 0. The van der Waals surface area contributed by atoms with E-state index in [4.69, 9.17) is 5.73 Å². The van der Waals surface area contributed by atoms with Crippen molar-refractivity contribution < 1.29 is 18.0 Å². The second-order valence-corrected chi connectivity index (χ2v) is 7.11. The third-order valence-corrected chi connectivity index (χ3v) is 5.12. The molecule has 134 valence electrons. The second-order valence-electron chi connectivity index (χ2n) is 6.13. The Kier molecular flexibility index (Phi) is 6.57. The van der Waals surface area contributed by atoms with E-state index in [9.17, 15) is 18.0 Å². The summed E-state index contributed by atoms with van der Waals surface area (Å²) in [5.41, 5.74) is 5.52.